The Morgan fingerprint density at radius 3 is 2.68 bits per heavy atom. The molecule has 6 nitrogen and oxygen atoms in total. The Balaban J connectivity index is 1.46. The van der Waals surface area contributed by atoms with Crippen LogP contribution in [-0.2, 0) is 15.0 Å². The van der Waals surface area contributed by atoms with E-state index in [1.165, 1.54) is 6.08 Å². The maximum Gasteiger partial charge on any atom is 0.237 e. The van der Waals surface area contributed by atoms with Gasteiger partial charge in [0.05, 0.1) is 22.1 Å². The van der Waals surface area contributed by atoms with E-state index in [2.05, 4.69) is 16.0 Å². The molecule has 6 atom stereocenters. The number of hydrogen-bond acceptors (Lipinski definition) is 4. The lowest BCUT2D eigenvalue weighted by atomic mass is 9.60. The monoisotopic (exact) mass is 561 g/mol. The molecule has 38 heavy (non-hydrogen) atoms. The van der Waals surface area contributed by atoms with Gasteiger partial charge in [0.1, 0.15) is 6.17 Å². The van der Waals surface area contributed by atoms with Gasteiger partial charge in [-0.2, -0.15) is 0 Å². The van der Waals surface area contributed by atoms with E-state index >= 15 is 4.39 Å². The minimum absolute atomic E-state index is 0.0656. The van der Waals surface area contributed by atoms with Crippen molar-refractivity contribution < 1.29 is 19.1 Å². The standard InChI is InChI=1S/C29H34Cl2FN3O3/c1-28(38)13-17(14-28)33-26(36)25-23(18-7-4-8-20(31)24(18)32)29(22(35-25)11-15-5-2-3-6-15)19-10-9-16(30)12-21(19)34-27(29)37/h4,7-10,12,15,17-18,22-25,35,38H,2-3,5-6,11,13-14H2,1H3,(H,33,36)(H,34,37)/t17?,18?,22-,23-,24?,25+,28?,29+/m0/s1. The van der Waals surface area contributed by atoms with Gasteiger partial charge in [-0.1, -0.05) is 67.1 Å². The lowest BCUT2D eigenvalue weighted by Gasteiger charge is -2.43. The summed E-state index contributed by atoms with van der Waals surface area (Å²) in [7, 11) is 0. The van der Waals surface area contributed by atoms with Crippen LogP contribution in [0.3, 0.4) is 0 Å². The van der Waals surface area contributed by atoms with Gasteiger partial charge in [-0.05, 0) is 55.9 Å². The third-order valence-corrected chi connectivity index (χ3v) is 10.1. The number of alkyl halides is 1. The fraction of sp³-hybridized carbons (Fsp3) is 0.586. The van der Waals surface area contributed by atoms with Crippen LogP contribution < -0.4 is 16.0 Å². The zero-order valence-corrected chi connectivity index (χ0v) is 22.9. The Labute approximate surface area is 232 Å². The van der Waals surface area contributed by atoms with E-state index in [1.54, 1.807) is 31.2 Å². The van der Waals surface area contributed by atoms with Crippen LogP contribution in [0.5, 0.6) is 0 Å². The zero-order valence-electron chi connectivity index (χ0n) is 21.4. The second kappa shape index (κ2) is 9.61. The molecule has 2 unspecified atom stereocenters. The van der Waals surface area contributed by atoms with Gasteiger partial charge in [0.15, 0.2) is 0 Å². The number of rotatable bonds is 5. The van der Waals surface area contributed by atoms with Crippen molar-refractivity contribution in [3.8, 4) is 0 Å². The summed E-state index contributed by atoms with van der Waals surface area (Å²) >= 11 is 12.6. The number of benzene rings is 1. The van der Waals surface area contributed by atoms with E-state index in [0.717, 1.165) is 31.2 Å². The molecule has 204 valence electrons. The van der Waals surface area contributed by atoms with Crippen LogP contribution in [0.25, 0.3) is 0 Å². The number of hydrogen-bond donors (Lipinski definition) is 4. The van der Waals surface area contributed by atoms with Gasteiger partial charge >= 0.3 is 0 Å². The molecule has 3 fully saturated rings. The summed E-state index contributed by atoms with van der Waals surface area (Å²) in [6.07, 6.45) is 9.53. The molecule has 6 rings (SSSR count). The van der Waals surface area contributed by atoms with Crippen LogP contribution in [0.1, 0.15) is 57.4 Å². The molecule has 1 aromatic rings. The average molecular weight is 563 g/mol. The number of nitrogens with one attached hydrogen (secondary N) is 3. The van der Waals surface area contributed by atoms with Gasteiger partial charge < -0.3 is 21.1 Å². The molecule has 1 spiro atoms. The summed E-state index contributed by atoms with van der Waals surface area (Å²) in [5.74, 6) is -1.61. The highest BCUT2D eigenvalue weighted by Gasteiger charge is 2.67. The fourth-order valence-corrected chi connectivity index (χ4v) is 8.29. The molecule has 9 heteroatoms. The second-order valence-corrected chi connectivity index (χ2v) is 13.0. The third kappa shape index (κ3) is 4.21. The Morgan fingerprint density at radius 2 is 1.97 bits per heavy atom. The van der Waals surface area contributed by atoms with Crippen LogP contribution in [0, 0.1) is 17.8 Å². The van der Waals surface area contributed by atoms with Gasteiger partial charge in [-0.3, -0.25) is 9.59 Å². The number of aliphatic hydroxyl groups is 1. The van der Waals surface area contributed by atoms with E-state index in [4.69, 9.17) is 23.2 Å². The van der Waals surface area contributed by atoms with Crippen LogP contribution >= 0.6 is 23.2 Å². The van der Waals surface area contributed by atoms with Gasteiger partial charge in [0.25, 0.3) is 0 Å². The Morgan fingerprint density at radius 1 is 1.24 bits per heavy atom. The third-order valence-electron chi connectivity index (χ3n) is 9.52. The van der Waals surface area contributed by atoms with Crippen molar-refractivity contribution in [3.05, 3.63) is 52.0 Å². The first-order valence-corrected chi connectivity index (χ1v) is 14.4. The molecule has 3 aliphatic carbocycles. The second-order valence-electron chi connectivity index (χ2n) is 12.1. The topological polar surface area (TPSA) is 90.5 Å². The van der Waals surface area contributed by atoms with Crippen molar-refractivity contribution in [3.63, 3.8) is 0 Å². The lowest BCUT2D eigenvalue weighted by Crippen LogP contribution is -2.58. The van der Waals surface area contributed by atoms with Crippen LogP contribution in [0.15, 0.2) is 41.5 Å². The molecule has 0 radical (unpaired) electrons. The smallest absolute Gasteiger partial charge is 0.237 e. The molecule has 1 aromatic carbocycles. The molecular formula is C29H34Cl2FN3O3. The summed E-state index contributed by atoms with van der Waals surface area (Å²) in [5.41, 5.74) is -0.618. The number of halogens is 3. The Hall–Kier alpha value is -1.93. The van der Waals surface area contributed by atoms with Gasteiger partial charge in [-0.15, -0.1) is 0 Å². The normalized spacial score (nSPS) is 40.1. The van der Waals surface area contributed by atoms with E-state index in [9.17, 15) is 14.7 Å². The summed E-state index contributed by atoms with van der Waals surface area (Å²) in [6, 6.07) is 3.98. The SMILES string of the molecule is CC1(O)CC(NC(=O)[C@@H]2N[C@@H](CC3CCCC3)[C@@]3(C(=O)Nc4cc(Cl)ccc43)[C@H]2C2C=CC=C(Cl)C2F)C1. The molecule has 0 bridgehead atoms. The summed E-state index contributed by atoms with van der Waals surface area (Å²) in [6.45, 7) is 1.75. The van der Waals surface area contributed by atoms with Crippen LogP contribution in [0.2, 0.25) is 5.02 Å². The predicted octanol–water partition coefficient (Wildman–Crippen LogP) is 4.74. The van der Waals surface area contributed by atoms with E-state index in [-0.39, 0.29) is 28.9 Å². The number of allylic oxidation sites excluding steroid dienone is 4. The first-order valence-electron chi connectivity index (χ1n) is 13.7. The van der Waals surface area contributed by atoms with Crippen molar-refractivity contribution in [1.82, 2.24) is 10.6 Å². The highest BCUT2D eigenvalue weighted by Crippen LogP contribution is 2.57. The van der Waals surface area contributed by atoms with E-state index < -0.39 is 35.1 Å². The van der Waals surface area contributed by atoms with Gasteiger partial charge in [0, 0.05) is 34.6 Å². The summed E-state index contributed by atoms with van der Waals surface area (Å²) < 4.78 is 15.9. The lowest BCUT2D eigenvalue weighted by molar-refractivity contribution is -0.129. The fourth-order valence-electron chi connectivity index (χ4n) is 7.90. The first kappa shape index (κ1) is 26.3. The van der Waals surface area contributed by atoms with E-state index in [1.807, 2.05) is 6.07 Å². The molecule has 2 saturated carbocycles. The quantitative estimate of drug-likeness (QED) is 0.418. The Kier molecular flexibility index (Phi) is 6.65. The summed E-state index contributed by atoms with van der Waals surface area (Å²) in [4.78, 5) is 28.1. The predicted molar refractivity (Wildman–Crippen MR) is 146 cm³/mol. The average Bonchev–Trinajstić information content (AvgIpc) is 3.53. The number of amides is 2. The number of carbonyl (C=O) groups is 2. The van der Waals surface area contributed by atoms with Crippen molar-refractivity contribution in [2.75, 3.05) is 5.32 Å². The number of fused-ring (bicyclic) bond motifs is 2. The molecule has 2 amide bonds. The van der Waals surface area contributed by atoms with Crippen molar-refractivity contribution in [2.45, 2.75) is 87.2 Å². The molecule has 0 aromatic heterocycles. The van der Waals surface area contributed by atoms with Crippen LogP contribution in [0.4, 0.5) is 10.1 Å². The number of carbonyl (C=O) groups excluding carboxylic acids is 2. The molecular weight excluding hydrogens is 528 g/mol. The van der Waals surface area contributed by atoms with E-state index in [0.29, 0.717) is 35.9 Å². The van der Waals surface area contributed by atoms with Gasteiger partial charge in [-0.25, -0.2) is 4.39 Å². The largest absolute Gasteiger partial charge is 0.390 e. The minimum Gasteiger partial charge on any atom is -0.390 e. The highest BCUT2D eigenvalue weighted by molar-refractivity contribution is 6.31. The molecule has 2 aliphatic heterocycles. The summed E-state index contributed by atoms with van der Waals surface area (Å²) in [5, 5.41) is 20.4. The van der Waals surface area contributed by atoms with Crippen molar-refractivity contribution >= 4 is 40.7 Å². The minimum atomic E-state index is -1.54. The van der Waals surface area contributed by atoms with Crippen molar-refractivity contribution in [1.29, 1.82) is 0 Å². The highest BCUT2D eigenvalue weighted by atomic mass is 35.5. The molecule has 2 heterocycles. The van der Waals surface area contributed by atoms with Crippen molar-refractivity contribution in [2.24, 2.45) is 17.8 Å². The van der Waals surface area contributed by atoms with Crippen LogP contribution in [-0.4, -0.2) is 46.8 Å². The number of anilines is 1. The Bertz CT molecular complexity index is 1210. The van der Waals surface area contributed by atoms with Gasteiger partial charge in [0.2, 0.25) is 11.8 Å². The first-order chi connectivity index (χ1) is 18.1. The molecule has 4 N–H and O–H groups in total. The maximum atomic E-state index is 15.9. The maximum absolute atomic E-state index is 15.9. The molecule has 1 saturated heterocycles. The zero-order chi connectivity index (χ0) is 26.8. The molecule has 5 aliphatic rings.